The lowest BCUT2D eigenvalue weighted by atomic mass is 10.0. The lowest BCUT2D eigenvalue weighted by Gasteiger charge is -2.33. The second kappa shape index (κ2) is 8.31. The molecule has 0 fully saturated rings. The Morgan fingerprint density at radius 1 is 1.07 bits per heavy atom. The molecule has 3 rings (SSSR count). The molecule has 0 aliphatic rings. The lowest BCUT2D eigenvalue weighted by molar-refractivity contribution is -0.153. The number of likely N-dealkylation sites (N-methyl/N-ethyl adjacent to an activating group) is 1. The number of rotatable bonds is 6. The summed E-state index contributed by atoms with van der Waals surface area (Å²) < 4.78 is 6.91. The molecule has 6 heteroatoms. The molecule has 1 heterocycles. The second-order valence-electron chi connectivity index (χ2n) is 7.19. The van der Waals surface area contributed by atoms with Crippen molar-refractivity contribution in [2.24, 2.45) is 0 Å². The van der Waals surface area contributed by atoms with Crippen LogP contribution in [0.3, 0.4) is 0 Å². The number of benzene rings is 2. The summed E-state index contributed by atoms with van der Waals surface area (Å²) in [5.74, 6) is -0.705. The summed E-state index contributed by atoms with van der Waals surface area (Å²) in [5, 5.41) is 4.43. The SMILES string of the molecule is CCOC(=O)C(C)(C)N(C)C(=O)c1cccc(-n2nccc2-c2ccccc2)c1. The van der Waals surface area contributed by atoms with Gasteiger partial charge in [-0.25, -0.2) is 9.48 Å². The first kappa shape index (κ1) is 20.3. The highest BCUT2D eigenvalue weighted by Gasteiger charge is 2.37. The van der Waals surface area contributed by atoms with E-state index in [-0.39, 0.29) is 12.5 Å². The van der Waals surface area contributed by atoms with Gasteiger partial charge in [-0.15, -0.1) is 0 Å². The Kier molecular flexibility index (Phi) is 5.82. The average Bonchev–Trinajstić information content (AvgIpc) is 3.23. The van der Waals surface area contributed by atoms with Crippen LogP contribution in [0.4, 0.5) is 0 Å². The summed E-state index contributed by atoms with van der Waals surface area (Å²) >= 11 is 0. The fourth-order valence-electron chi connectivity index (χ4n) is 3.00. The van der Waals surface area contributed by atoms with Crippen LogP contribution in [0.5, 0.6) is 0 Å². The fourth-order valence-corrected chi connectivity index (χ4v) is 3.00. The molecule has 0 aliphatic heterocycles. The molecular formula is C23H25N3O3. The standard InChI is InChI=1S/C23H25N3O3/c1-5-29-22(28)23(2,3)25(4)21(27)18-12-9-13-19(16-18)26-20(14-15-24-26)17-10-7-6-8-11-17/h6-16H,5H2,1-4H3. The van der Waals surface area contributed by atoms with Crippen molar-refractivity contribution in [3.8, 4) is 16.9 Å². The first-order chi connectivity index (χ1) is 13.9. The average molecular weight is 391 g/mol. The van der Waals surface area contributed by atoms with Crippen molar-refractivity contribution in [2.45, 2.75) is 26.3 Å². The number of ether oxygens (including phenoxy) is 1. The van der Waals surface area contributed by atoms with E-state index in [1.165, 1.54) is 4.90 Å². The van der Waals surface area contributed by atoms with Crippen molar-refractivity contribution in [2.75, 3.05) is 13.7 Å². The highest BCUT2D eigenvalue weighted by Crippen LogP contribution is 2.24. The summed E-state index contributed by atoms with van der Waals surface area (Å²) in [6, 6.07) is 19.1. The van der Waals surface area contributed by atoms with Crippen LogP contribution >= 0.6 is 0 Å². The van der Waals surface area contributed by atoms with Gasteiger partial charge in [0, 0.05) is 18.2 Å². The lowest BCUT2D eigenvalue weighted by Crippen LogP contribution is -2.51. The number of carbonyl (C=O) groups is 2. The van der Waals surface area contributed by atoms with Gasteiger partial charge in [0.15, 0.2) is 0 Å². The molecule has 0 radical (unpaired) electrons. The minimum absolute atomic E-state index is 0.265. The maximum Gasteiger partial charge on any atom is 0.331 e. The first-order valence-electron chi connectivity index (χ1n) is 9.51. The summed E-state index contributed by atoms with van der Waals surface area (Å²) in [5.41, 5.74) is 2.11. The molecule has 0 aliphatic carbocycles. The van der Waals surface area contributed by atoms with Crippen LogP contribution < -0.4 is 0 Å². The van der Waals surface area contributed by atoms with Crippen LogP contribution in [-0.2, 0) is 9.53 Å². The van der Waals surface area contributed by atoms with Crippen molar-refractivity contribution < 1.29 is 14.3 Å². The molecule has 29 heavy (non-hydrogen) atoms. The summed E-state index contributed by atoms with van der Waals surface area (Å²) in [7, 11) is 1.61. The van der Waals surface area contributed by atoms with Crippen molar-refractivity contribution in [1.29, 1.82) is 0 Å². The minimum atomic E-state index is -1.08. The number of hydrogen-bond acceptors (Lipinski definition) is 4. The van der Waals surface area contributed by atoms with E-state index < -0.39 is 11.5 Å². The highest BCUT2D eigenvalue weighted by atomic mass is 16.5. The Balaban J connectivity index is 1.92. The van der Waals surface area contributed by atoms with Gasteiger partial charge in [0.1, 0.15) is 5.54 Å². The van der Waals surface area contributed by atoms with E-state index in [2.05, 4.69) is 5.10 Å². The van der Waals surface area contributed by atoms with E-state index in [0.717, 1.165) is 16.9 Å². The van der Waals surface area contributed by atoms with Crippen molar-refractivity contribution >= 4 is 11.9 Å². The van der Waals surface area contributed by atoms with Crippen LogP contribution in [0.25, 0.3) is 16.9 Å². The maximum absolute atomic E-state index is 13.1. The zero-order valence-electron chi connectivity index (χ0n) is 17.1. The molecule has 6 nitrogen and oxygen atoms in total. The van der Waals surface area contributed by atoms with Gasteiger partial charge in [0.05, 0.1) is 24.2 Å². The molecule has 0 N–H and O–H groups in total. The van der Waals surface area contributed by atoms with Gasteiger partial charge in [-0.2, -0.15) is 5.10 Å². The molecule has 1 aromatic heterocycles. The number of amides is 1. The zero-order chi connectivity index (χ0) is 21.0. The molecule has 0 saturated carbocycles. The Hall–Kier alpha value is -3.41. The monoisotopic (exact) mass is 391 g/mol. The van der Waals surface area contributed by atoms with Crippen LogP contribution in [0, 0.1) is 0 Å². The smallest absolute Gasteiger partial charge is 0.331 e. The fraction of sp³-hybridized carbons (Fsp3) is 0.261. The van der Waals surface area contributed by atoms with Crippen LogP contribution in [0.1, 0.15) is 31.1 Å². The van der Waals surface area contributed by atoms with E-state index in [0.29, 0.717) is 5.56 Å². The molecule has 0 atom stereocenters. The Labute approximate surface area is 170 Å². The number of hydrogen-bond donors (Lipinski definition) is 0. The van der Waals surface area contributed by atoms with Crippen molar-refractivity contribution in [3.63, 3.8) is 0 Å². The van der Waals surface area contributed by atoms with Crippen molar-refractivity contribution in [3.05, 3.63) is 72.4 Å². The Morgan fingerprint density at radius 3 is 2.48 bits per heavy atom. The zero-order valence-corrected chi connectivity index (χ0v) is 17.1. The van der Waals surface area contributed by atoms with Crippen molar-refractivity contribution in [1.82, 2.24) is 14.7 Å². The van der Waals surface area contributed by atoms with E-state index in [9.17, 15) is 9.59 Å². The number of esters is 1. The molecule has 0 bridgehead atoms. The number of carbonyl (C=O) groups excluding carboxylic acids is 2. The number of aromatic nitrogens is 2. The molecule has 0 spiro atoms. The Bertz CT molecular complexity index is 1010. The van der Waals surface area contributed by atoms with Gasteiger partial charge in [0.2, 0.25) is 0 Å². The van der Waals surface area contributed by atoms with Crippen LogP contribution in [-0.4, -0.2) is 45.8 Å². The van der Waals surface area contributed by atoms with Crippen LogP contribution in [0.2, 0.25) is 0 Å². The summed E-state index contributed by atoms with van der Waals surface area (Å²) in [6.07, 6.45) is 1.73. The normalized spacial score (nSPS) is 11.2. The molecule has 3 aromatic rings. The van der Waals surface area contributed by atoms with Gasteiger partial charge in [-0.05, 0) is 45.0 Å². The van der Waals surface area contributed by atoms with E-state index in [1.807, 2.05) is 48.5 Å². The van der Waals surface area contributed by atoms with E-state index in [4.69, 9.17) is 4.74 Å². The molecule has 0 unspecified atom stereocenters. The van der Waals surface area contributed by atoms with Gasteiger partial charge in [0.25, 0.3) is 5.91 Å². The highest BCUT2D eigenvalue weighted by molar-refractivity contribution is 5.98. The first-order valence-corrected chi connectivity index (χ1v) is 9.51. The third-order valence-corrected chi connectivity index (χ3v) is 4.97. The molecule has 1 amide bonds. The quantitative estimate of drug-likeness (QED) is 0.597. The predicted octanol–water partition coefficient (Wildman–Crippen LogP) is 3.95. The predicted molar refractivity (Wildman–Crippen MR) is 112 cm³/mol. The van der Waals surface area contributed by atoms with E-state index in [1.54, 1.807) is 50.8 Å². The molecule has 150 valence electrons. The topological polar surface area (TPSA) is 64.4 Å². The minimum Gasteiger partial charge on any atom is -0.464 e. The number of nitrogens with zero attached hydrogens (tertiary/aromatic N) is 3. The Morgan fingerprint density at radius 2 is 1.79 bits per heavy atom. The summed E-state index contributed by atoms with van der Waals surface area (Å²) in [4.78, 5) is 26.7. The van der Waals surface area contributed by atoms with Gasteiger partial charge in [-0.3, -0.25) is 4.79 Å². The maximum atomic E-state index is 13.1. The van der Waals surface area contributed by atoms with Gasteiger partial charge < -0.3 is 9.64 Å². The molecular weight excluding hydrogens is 366 g/mol. The van der Waals surface area contributed by atoms with E-state index >= 15 is 0 Å². The summed E-state index contributed by atoms with van der Waals surface area (Å²) in [6.45, 7) is 5.36. The van der Waals surface area contributed by atoms with Crippen LogP contribution in [0.15, 0.2) is 66.9 Å². The third-order valence-electron chi connectivity index (χ3n) is 4.97. The third kappa shape index (κ3) is 4.06. The molecule has 2 aromatic carbocycles. The second-order valence-corrected chi connectivity index (χ2v) is 7.19. The van der Waals surface area contributed by atoms with Gasteiger partial charge in [-0.1, -0.05) is 36.4 Å². The largest absolute Gasteiger partial charge is 0.464 e. The molecule has 0 saturated heterocycles. The van der Waals surface area contributed by atoms with Gasteiger partial charge >= 0.3 is 5.97 Å².